The lowest BCUT2D eigenvalue weighted by atomic mass is 9.98. The molecule has 1 amide bonds. The molecule has 0 aliphatic heterocycles. The number of hydrogen-bond donors (Lipinski definition) is 2. The molecule has 5 nitrogen and oxygen atoms in total. The van der Waals surface area contributed by atoms with Crippen LogP contribution in [0, 0.1) is 13.8 Å². The number of nitrogens with zero attached hydrogens (tertiary/aromatic N) is 2. The second-order valence-corrected chi connectivity index (χ2v) is 6.93. The first kappa shape index (κ1) is 18.6. The minimum atomic E-state index is -0.232. The van der Waals surface area contributed by atoms with Gasteiger partial charge in [0.1, 0.15) is 0 Å². The molecule has 1 aromatic heterocycles. The topological polar surface area (TPSA) is 66.9 Å². The minimum absolute atomic E-state index is 0.232. The summed E-state index contributed by atoms with van der Waals surface area (Å²) in [4.78, 5) is 21.0. The Bertz CT molecular complexity index is 932. The second-order valence-electron chi connectivity index (χ2n) is 6.93. The van der Waals surface area contributed by atoms with E-state index in [1.165, 1.54) is 18.0 Å². The molecule has 1 heterocycles. The predicted octanol–water partition coefficient (Wildman–Crippen LogP) is 5.21. The fourth-order valence-electron chi connectivity index (χ4n) is 2.80. The molecule has 0 aliphatic carbocycles. The van der Waals surface area contributed by atoms with Gasteiger partial charge in [-0.05, 0) is 43.0 Å². The van der Waals surface area contributed by atoms with Crippen LogP contribution in [0.15, 0.2) is 54.9 Å². The van der Waals surface area contributed by atoms with Crippen molar-refractivity contribution < 1.29 is 4.79 Å². The Balaban J connectivity index is 1.74. The molecule has 0 unspecified atom stereocenters. The van der Waals surface area contributed by atoms with Crippen molar-refractivity contribution in [3.05, 3.63) is 77.1 Å². The molecule has 0 atom stereocenters. The molecular formula is C22H24N4O. The van der Waals surface area contributed by atoms with Crippen LogP contribution in [0.25, 0.3) is 0 Å². The van der Waals surface area contributed by atoms with E-state index in [4.69, 9.17) is 0 Å². The summed E-state index contributed by atoms with van der Waals surface area (Å²) < 4.78 is 0. The van der Waals surface area contributed by atoms with Gasteiger partial charge in [0.25, 0.3) is 5.91 Å². The molecule has 27 heavy (non-hydrogen) atoms. The number of nitrogens with one attached hydrogen (secondary N) is 2. The van der Waals surface area contributed by atoms with E-state index in [2.05, 4.69) is 59.6 Å². The first-order valence-corrected chi connectivity index (χ1v) is 9.00. The van der Waals surface area contributed by atoms with E-state index < -0.39 is 0 Å². The van der Waals surface area contributed by atoms with Crippen LogP contribution in [-0.2, 0) is 0 Å². The molecular weight excluding hydrogens is 336 g/mol. The molecule has 0 fully saturated rings. The van der Waals surface area contributed by atoms with Crippen molar-refractivity contribution >= 4 is 23.2 Å². The summed E-state index contributed by atoms with van der Waals surface area (Å²) in [5.74, 6) is 0.620. The molecule has 138 valence electrons. The zero-order chi connectivity index (χ0) is 19.4. The van der Waals surface area contributed by atoms with E-state index in [9.17, 15) is 4.79 Å². The normalized spacial score (nSPS) is 10.7. The first-order chi connectivity index (χ1) is 12.9. The third kappa shape index (κ3) is 4.50. The van der Waals surface area contributed by atoms with E-state index in [1.807, 2.05) is 31.2 Å². The van der Waals surface area contributed by atoms with E-state index in [0.29, 0.717) is 17.4 Å². The van der Waals surface area contributed by atoms with Crippen LogP contribution in [0.3, 0.4) is 0 Å². The Morgan fingerprint density at radius 3 is 2.26 bits per heavy atom. The van der Waals surface area contributed by atoms with Gasteiger partial charge in [0.05, 0.1) is 5.56 Å². The molecule has 0 bridgehead atoms. The van der Waals surface area contributed by atoms with Gasteiger partial charge in [-0.3, -0.25) is 4.79 Å². The van der Waals surface area contributed by atoms with Crippen LogP contribution in [0.4, 0.5) is 17.3 Å². The number of rotatable bonds is 5. The van der Waals surface area contributed by atoms with Gasteiger partial charge in [0.15, 0.2) is 0 Å². The summed E-state index contributed by atoms with van der Waals surface area (Å²) in [7, 11) is 0. The van der Waals surface area contributed by atoms with Gasteiger partial charge >= 0.3 is 0 Å². The average Bonchev–Trinajstić information content (AvgIpc) is 2.65. The Hall–Kier alpha value is -3.21. The standard InChI is InChI=1S/C22H24N4O/c1-14(2)19-7-5-6-16(4)20(19)26-22-23-12-17(13-24-22)21(27)25-18-10-8-15(3)9-11-18/h5-14H,1-4H3,(H,25,27)(H,23,24,26). The molecule has 5 heteroatoms. The highest BCUT2D eigenvalue weighted by Crippen LogP contribution is 2.29. The molecule has 2 aromatic carbocycles. The molecule has 0 aliphatic rings. The molecule has 3 aromatic rings. The van der Waals surface area contributed by atoms with E-state index >= 15 is 0 Å². The van der Waals surface area contributed by atoms with Gasteiger partial charge in [0, 0.05) is 23.8 Å². The maximum Gasteiger partial charge on any atom is 0.258 e. The number of aryl methyl sites for hydroxylation is 2. The third-order valence-electron chi connectivity index (χ3n) is 4.39. The van der Waals surface area contributed by atoms with Crippen molar-refractivity contribution in [3.8, 4) is 0 Å². The monoisotopic (exact) mass is 360 g/mol. The van der Waals surface area contributed by atoms with Crippen molar-refractivity contribution in [2.75, 3.05) is 10.6 Å². The van der Waals surface area contributed by atoms with Crippen LogP contribution in [0.1, 0.15) is 46.8 Å². The Labute approximate surface area is 159 Å². The highest BCUT2D eigenvalue weighted by atomic mass is 16.1. The Kier molecular flexibility index (Phi) is 5.50. The molecule has 2 N–H and O–H groups in total. The number of amides is 1. The Morgan fingerprint density at radius 1 is 0.963 bits per heavy atom. The predicted molar refractivity (Wildman–Crippen MR) is 110 cm³/mol. The summed E-state index contributed by atoms with van der Waals surface area (Å²) in [5, 5.41) is 6.14. The van der Waals surface area contributed by atoms with Crippen LogP contribution in [0.5, 0.6) is 0 Å². The lowest BCUT2D eigenvalue weighted by Gasteiger charge is -2.16. The summed E-state index contributed by atoms with van der Waals surface area (Å²) in [5.41, 5.74) is 5.66. The lowest BCUT2D eigenvalue weighted by Crippen LogP contribution is -2.13. The average molecular weight is 360 g/mol. The van der Waals surface area contributed by atoms with Crippen LogP contribution < -0.4 is 10.6 Å². The smallest absolute Gasteiger partial charge is 0.258 e. The number of aromatic nitrogens is 2. The van der Waals surface area contributed by atoms with Crippen molar-refractivity contribution in [2.24, 2.45) is 0 Å². The molecule has 3 rings (SSSR count). The highest BCUT2D eigenvalue weighted by molar-refractivity contribution is 6.03. The number of anilines is 3. The maximum absolute atomic E-state index is 12.4. The fraction of sp³-hybridized carbons (Fsp3) is 0.227. The fourth-order valence-corrected chi connectivity index (χ4v) is 2.80. The van der Waals surface area contributed by atoms with Gasteiger partial charge in [-0.1, -0.05) is 49.7 Å². The van der Waals surface area contributed by atoms with E-state index in [1.54, 1.807) is 0 Å². The van der Waals surface area contributed by atoms with Gasteiger partial charge in [-0.2, -0.15) is 0 Å². The molecule has 0 spiro atoms. The van der Waals surface area contributed by atoms with Crippen molar-refractivity contribution in [1.29, 1.82) is 0 Å². The van der Waals surface area contributed by atoms with E-state index in [-0.39, 0.29) is 5.91 Å². The van der Waals surface area contributed by atoms with Crippen molar-refractivity contribution in [1.82, 2.24) is 9.97 Å². The molecule has 0 saturated heterocycles. The summed E-state index contributed by atoms with van der Waals surface area (Å²) in [6, 6.07) is 13.8. The summed E-state index contributed by atoms with van der Waals surface area (Å²) in [6.45, 7) is 8.36. The highest BCUT2D eigenvalue weighted by Gasteiger charge is 2.12. The van der Waals surface area contributed by atoms with Crippen molar-refractivity contribution in [3.63, 3.8) is 0 Å². The number of carbonyl (C=O) groups is 1. The number of carbonyl (C=O) groups excluding carboxylic acids is 1. The number of benzene rings is 2. The van der Waals surface area contributed by atoms with Gasteiger partial charge in [-0.25, -0.2) is 9.97 Å². The second kappa shape index (κ2) is 7.99. The number of hydrogen-bond acceptors (Lipinski definition) is 4. The molecule has 0 saturated carbocycles. The van der Waals surface area contributed by atoms with Gasteiger partial charge < -0.3 is 10.6 Å². The quantitative estimate of drug-likeness (QED) is 0.655. The number of para-hydroxylation sites is 1. The van der Waals surface area contributed by atoms with Crippen molar-refractivity contribution in [2.45, 2.75) is 33.6 Å². The summed E-state index contributed by atoms with van der Waals surface area (Å²) in [6.07, 6.45) is 3.07. The zero-order valence-corrected chi connectivity index (χ0v) is 16.1. The largest absolute Gasteiger partial charge is 0.324 e. The van der Waals surface area contributed by atoms with Gasteiger partial charge in [-0.15, -0.1) is 0 Å². The van der Waals surface area contributed by atoms with Crippen LogP contribution >= 0.6 is 0 Å². The SMILES string of the molecule is Cc1ccc(NC(=O)c2cnc(Nc3c(C)cccc3C(C)C)nc2)cc1. The lowest BCUT2D eigenvalue weighted by molar-refractivity contribution is 0.102. The van der Waals surface area contributed by atoms with Crippen LogP contribution in [0.2, 0.25) is 0 Å². The zero-order valence-electron chi connectivity index (χ0n) is 16.1. The van der Waals surface area contributed by atoms with Crippen LogP contribution in [-0.4, -0.2) is 15.9 Å². The summed E-state index contributed by atoms with van der Waals surface area (Å²) >= 11 is 0. The first-order valence-electron chi connectivity index (χ1n) is 9.00. The maximum atomic E-state index is 12.4. The minimum Gasteiger partial charge on any atom is -0.324 e. The molecule has 0 radical (unpaired) electrons. The van der Waals surface area contributed by atoms with Gasteiger partial charge in [0.2, 0.25) is 5.95 Å². The Morgan fingerprint density at radius 2 is 1.63 bits per heavy atom. The third-order valence-corrected chi connectivity index (χ3v) is 4.39. The van der Waals surface area contributed by atoms with E-state index in [0.717, 1.165) is 22.5 Å².